The zero-order valence-corrected chi connectivity index (χ0v) is 15.9. The van der Waals surface area contributed by atoms with Crippen LogP contribution in [0.1, 0.15) is 22.3 Å². The van der Waals surface area contributed by atoms with Crippen LogP contribution < -0.4 is 4.90 Å². The normalized spacial score (nSPS) is 18.9. The molecule has 1 heterocycles. The number of halogens is 2. The molecule has 2 aromatic rings. The molecule has 132 valence electrons. The van der Waals surface area contributed by atoms with Gasteiger partial charge in [-0.15, -0.1) is 0 Å². The molecule has 0 N–H and O–H groups in total. The summed E-state index contributed by atoms with van der Waals surface area (Å²) in [5.41, 5.74) is 1.68. The summed E-state index contributed by atoms with van der Waals surface area (Å²) in [6.45, 7) is 1.81. The van der Waals surface area contributed by atoms with E-state index in [2.05, 4.69) is 0 Å². The Bertz CT molecular complexity index is 928. The Morgan fingerprint density at radius 1 is 1.08 bits per heavy atom. The van der Waals surface area contributed by atoms with Crippen molar-refractivity contribution in [3.8, 4) is 0 Å². The lowest BCUT2D eigenvalue weighted by Gasteiger charge is -2.30. The Balaban J connectivity index is 2.11. The molecule has 3 rings (SSSR count). The quantitative estimate of drug-likeness (QED) is 0.781. The number of benzene rings is 2. The van der Waals surface area contributed by atoms with Crippen LogP contribution >= 0.6 is 23.2 Å². The predicted molar refractivity (Wildman–Crippen MR) is 102 cm³/mol. The number of hydrogen-bond donors (Lipinski definition) is 0. The van der Waals surface area contributed by atoms with Gasteiger partial charge in [0.05, 0.1) is 28.1 Å². The molecule has 0 saturated carbocycles. The van der Waals surface area contributed by atoms with Gasteiger partial charge in [-0.3, -0.25) is 4.79 Å². The third-order valence-electron chi connectivity index (χ3n) is 4.40. The lowest BCUT2D eigenvalue weighted by Crippen LogP contribution is -2.42. The van der Waals surface area contributed by atoms with Gasteiger partial charge in [-0.2, -0.15) is 0 Å². The van der Waals surface area contributed by atoms with Crippen molar-refractivity contribution in [2.24, 2.45) is 0 Å². The fraction of sp³-hybridized carbons (Fsp3) is 0.278. The monoisotopic (exact) mass is 397 g/mol. The van der Waals surface area contributed by atoms with Crippen LogP contribution in [0.3, 0.4) is 0 Å². The van der Waals surface area contributed by atoms with Gasteiger partial charge in [-0.1, -0.05) is 41.4 Å². The number of carbonyl (C=O) groups is 1. The highest BCUT2D eigenvalue weighted by Crippen LogP contribution is 2.33. The van der Waals surface area contributed by atoms with Crippen LogP contribution in [-0.4, -0.2) is 31.9 Å². The molecule has 1 saturated heterocycles. The van der Waals surface area contributed by atoms with Crippen molar-refractivity contribution < 1.29 is 13.2 Å². The van der Waals surface area contributed by atoms with Gasteiger partial charge >= 0.3 is 0 Å². The molecule has 0 aromatic heterocycles. The standard InChI is InChI=1S/C18H17Cl2NO3S/c1-12-15(19)7-4-8-17(12)21(13-9-10-25(23,24)11-13)18(22)14-5-2-3-6-16(14)20/h2-8,13H,9-11H2,1H3. The molecule has 1 aliphatic heterocycles. The van der Waals surface area contributed by atoms with Gasteiger partial charge in [0.25, 0.3) is 5.91 Å². The van der Waals surface area contributed by atoms with Crippen molar-refractivity contribution in [3.05, 3.63) is 63.6 Å². The van der Waals surface area contributed by atoms with E-state index in [9.17, 15) is 13.2 Å². The van der Waals surface area contributed by atoms with Crippen molar-refractivity contribution in [1.82, 2.24) is 0 Å². The molecule has 0 radical (unpaired) electrons. The minimum absolute atomic E-state index is 0.0604. The van der Waals surface area contributed by atoms with Crippen molar-refractivity contribution in [2.45, 2.75) is 19.4 Å². The van der Waals surface area contributed by atoms with Gasteiger partial charge in [0, 0.05) is 10.7 Å². The molecule has 7 heteroatoms. The number of amides is 1. The van der Waals surface area contributed by atoms with E-state index in [-0.39, 0.29) is 17.4 Å². The van der Waals surface area contributed by atoms with Crippen LogP contribution in [0.15, 0.2) is 42.5 Å². The first kappa shape index (κ1) is 18.2. The van der Waals surface area contributed by atoms with Crippen molar-refractivity contribution in [2.75, 3.05) is 16.4 Å². The van der Waals surface area contributed by atoms with Crippen LogP contribution in [-0.2, 0) is 9.84 Å². The fourth-order valence-corrected chi connectivity index (χ4v) is 5.16. The molecule has 0 aliphatic carbocycles. The minimum atomic E-state index is -3.16. The molecule has 2 aromatic carbocycles. The first-order valence-corrected chi connectivity index (χ1v) is 10.4. The fourth-order valence-electron chi connectivity index (χ4n) is 3.07. The van der Waals surface area contributed by atoms with Crippen LogP contribution in [0.4, 0.5) is 5.69 Å². The highest BCUT2D eigenvalue weighted by molar-refractivity contribution is 7.91. The number of sulfone groups is 1. The first-order chi connectivity index (χ1) is 11.8. The Hall–Kier alpha value is -1.56. The van der Waals surface area contributed by atoms with Gasteiger partial charge in [0.2, 0.25) is 0 Å². The molecule has 1 fully saturated rings. The number of nitrogens with zero attached hydrogens (tertiary/aromatic N) is 1. The Morgan fingerprint density at radius 3 is 2.40 bits per heavy atom. The molecule has 1 unspecified atom stereocenters. The summed E-state index contributed by atoms with van der Waals surface area (Å²) >= 11 is 12.4. The third-order valence-corrected chi connectivity index (χ3v) is 6.88. The van der Waals surface area contributed by atoms with E-state index in [4.69, 9.17) is 23.2 Å². The zero-order valence-electron chi connectivity index (χ0n) is 13.6. The van der Waals surface area contributed by atoms with Crippen LogP contribution in [0.25, 0.3) is 0 Å². The van der Waals surface area contributed by atoms with E-state index in [1.807, 2.05) is 6.92 Å². The largest absolute Gasteiger partial charge is 0.304 e. The first-order valence-electron chi connectivity index (χ1n) is 7.84. The van der Waals surface area contributed by atoms with Gasteiger partial charge in [0.1, 0.15) is 0 Å². The van der Waals surface area contributed by atoms with Crippen molar-refractivity contribution in [3.63, 3.8) is 0 Å². The van der Waals surface area contributed by atoms with Crippen molar-refractivity contribution in [1.29, 1.82) is 0 Å². The van der Waals surface area contributed by atoms with Crippen LogP contribution in [0.2, 0.25) is 10.0 Å². The second-order valence-electron chi connectivity index (χ2n) is 6.10. The summed E-state index contributed by atoms with van der Waals surface area (Å²) < 4.78 is 23.9. The average Bonchev–Trinajstić information content (AvgIpc) is 2.91. The molecule has 1 aliphatic rings. The number of rotatable bonds is 3. The van der Waals surface area contributed by atoms with E-state index in [0.717, 1.165) is 5.56 Å². The highest BCUT2D eigenvalue weighted by atomic mass is 35.5. The second kappa shape index (κ2) is 6.98. The highest BCUT2D eigenvalue weighted by Gasteiger charge is 2.37. The molecule has 1 atom stereocenters. The summed E-state index contributed by atoms with van der Waals surface area (Å²) in [5.74, 6) is -0.309. The van der Waals surface area contributed by atoms with E-state index < -0.39 is 15.9 Å². The van der Waals surface area contributed by atoms with E-state index in [1.165, 1.54) is 4.90 Å². The van der Waals surface area contributed by atoms with Gasteiger partial charge < -0.3 is 4.90 Å². The third kappa shape index (κ3) is 3.68. The van der Waals surface area contributed by atoms with Gasteiger partial charge in [-0.05, 0) is 43.2 Å². The summed E-state index contributed by atoms with van der Waals surface area (Å²) in [4.78, 5) is 14.8. The smallest absolute Gasteiger partial charge is 0.260 e. The van der Waals surface area contributed by atoms with Crippen molar-refractivity contribution >= 4 is 44.6 Å². The SMILES string of the molecule is Cc1c(Cl)cccc1N(C(=O)c1ccccc1Cl)C1CCS(=O)(=O)C1. The average molecular weight is 398 g/mol. The maximum absolute atomic E-state index is 13.2. The molecule has 1 amide bonds. The second-order valence-corrected chi connectivity index (χ2v) is 9.14. The van der Waals surface area contributed by atoms with E-state index in [0.29, 0.717) is 27.7 Å². The van der Waals surface area contributed by atoms with Crippen LogP contribution in [0.5, 0.6) is 0 Å². The lowest BCUT2D eigenvalue weighted by molar-refractivity contribution is 0.0979. The van der Waals surface area contributed by atoms with E-state index in [1.54, 1.807) is 42.5 Å². The summed E-state index contributed by atoms with van der Waals surface area (Å²) in [6, 6.07) is 11.6. The van der Waals surface area contributed by atoms with Gasteiger partial charge in [-0.25, -0.2) is 8.42 Å². The topological polar surface area (TPSA) is 54.5 Å². The Labute approximate surface area is 157 Å². The number of carbonyl (C=O) groups excluding carboxylic acids is 1. The molecule has 4 nitrogen and oxygen atoms in total. The maximum atomic E-state index is 13.2. The summed E-state index contributed by atoms with van der Waals surface area (Å²) in [5, 5.41) is 0.855. The Kier molecular flexibility index (Phi) is 5.09. The van der Waals surface area contributed by atoms with Gasteiger partial charge in [0.15, 0.2) is 9.84 Å². The molecule has 0 bridgehead atoms. The molecule has 0 spiro atoms. The van der Waals surface area contributed by atoms with E-state index >= 15 is 0 Å². The molecular weight excluding hydrogens is 381 g/mol. The number of hydrogen-bond acceptors (Lipinski definition) is 3. The minimum Gasteiger partial charge on any atom is -0.304 e. The predicted octanol–water partition coefficient (Wildman–Crippen LogP) is 4.14. The molecule has 25 heavy (non-hydrogen) atoms. The molecular formula is C18H17Cl2NO3S. The zero-order chi connectivity index (χ0) is 18.2. The van der Waals surface area contributed by atoms with Crippen LogP contribution in [0, 0.1) is 6.92 Å². The maximum Gasteiger partial charge on any atom is 0.260 e. The number of anilines is 1. The Morgan fingerprint density at radius 2 is 1.76 bits per heavy atom. The summed E-state index contributed by atoms with van der Waals surface area (Å²) in [6.07, 6.45) is 0.393. The lowest BCUT2D eigenvalue weighted by atomic mass is 10.1. The summed E-state index contributed by atoms with van der Waals surface area (Å²) in [7, 11) is -3.16.